The molecule has 2 amide bonds. The number of hydrogen-bond acceptors (Lipinski definition) is 4. The van der Waals surface area contributed by atoms with Gasteiger partial charge in [-0.2, -0.15) is 13.2 Å². The largest absolute Gasteiger partial charge is 0.401 e. The van der Waals surface area contributed by atoms with Crippen LogP contribution in [-0.4, -0.2) is 50.4 Å². The van der Waals surface area contributed by atoms with Gasteiger partial charge in [0.15, 0.2) is 0 Å². The molecule has 0 aromatic heterocycles. The fourth-order valence-corrected chi connectivity index (χ4v) is 4.44. The molecule has 1 aliphatic rings. The summed E-state index contributed by atoms with van der Waals surface area (Å²) in [6.45, 7) is 6.16. The lowest BCUT2D eigenvalue weighted by molar-refractivity contribution is -0.152. The predicted octanol–water partition coefficient (Wildman–Crippen LogP) is 3.63. The van der Waals surface area contributed by atoms with Crippen molar-refractivity contribution >= 4 is 21.7 Å². The third kappa shape index (κ3) is 5.60. The maximum absolute atomic E-state index is 12.3. The lowest BCUT2D eigenvalue weighted by atomic mass is 9.93. The normalized spacial score (nSPS) is 16.3. The van der Waals surface area contributed by atoms with Crippen molar-refractivity contribution < 1.29 is 26.4 Å². The molecule has 1 heterocycles. The minimum Gasteiger partial charge on any atom is -0.307 e. The second kappa shape index (κ2) is 8.28. The Morgan fingerprint density at radius 2 is 1.64 bits per heavy atom. The average molecular weight is 421 g/mol. The van der Waals surface area contributed by atoms with E-state index in [1.165, 1.54) is 0 Å². The fraction of sp³-hybridized carbons (Fsp3) is 0.611. The number of carbonyl (C=O) groups is 1. The molecule has 2 rings (SSSR count). The Morgan fingerprint density at radius 1 is 1.14 bits per heavy atom. The van der Waals surface area contributed by atoms with Gasteiger partial charge in [0.05, 0.1) is 6.54 Å². The third-order valence-electron chi connectivity index (χ3n) is 4.61. The molecule has 28 heavy (non-hydrogen) atoms. The summed E-state index contributed by atoms with van der Waals surface area (Å²) < 4.78 is 63.5. The van der Waals surface area contributed by atoms with Crippen molar-refractivity contribution in [3.05, 3.63) is 29.3 Å². The van der Waals surface area contributed by atoms with E-state index in [4.69, 9.17) is 0 Å². The minimum atomic E-state index is -4.38. The first kappa shape index (κ1) is 22.5. The first-order chi connectivity index (χ1) is 12.8. The van der Waals surface area contributed by atoms with Crippen LogP contribution in [0.15, 0.2) is 18.2 Å². The van der Waals surface area contributed by atoms with Gasteiger partial charge in [-0.25, -0.2) is 17.9 Å². The summed E-state index contributed by atoms with van der Waals surface area (Å²) in [5, 5.41) is 1.58. The van der Waals surface area contributed by atoms with Gasteiger partial charge in [-0.05, 0) is 23.0 Å². The third-order valence-corrected chi connectivity index (χ3v) is 6.26. The summed E-state index contributed by atoms with van der Waals surface area (Å²) in [5.74, 6) is 0.210. The highest BCUT2D eigenvalue weighted by molar-refractivity contribution is 7.90. The van der Waals surface area contributed by atoms with Gasteiger partial charge in [0, 0.05) is 18.8 Å². The second-order valence-electron chi connectivity index (χ2n) is 7.65. The monoisotopic (exact) mass is 421 g/mol. The first-order valence-electron chi connectivity index (χ1n) is 9.04. The van der Waals surface area contributed by atoms with Gasteiger partial charge in [-0.15, -0.1) is 0 Å². The summed E-state index contributed by atoms with van der Waals surface area (Å²) >= 11 is 0. The zero-order chi connectivity index (χ0) is 21.3. The lowest BCUT2D eigenvalue weighted by Crippen LogP contribution is -2.60. The molecular formula is C18H26F3N3O3S. The van der Waals surface area contributed by atoms with Gasteiger partial charge in [0.2, 0.25) is 10.0 Å². The van der Waals surface area contributed by atoms with Gasteiger partial charge in [-0.1, -0.05) is 45.9 Å². The molecular weight excluding hydrogens is 395 g/mol. The van der Waals surface area contributed by atoms with Crippen LogP contribution in [-0.2, 0) is 10.0 Å². The number of alkyl halides is 3. The standard InChI is InChI=1S/C18H26F3N3O3S/c1-11(2)14-6-5-7-15(12(3)4)16(14)22-17(25)23-28(26,27)13-8-24(9-13)10-18(19,20)21/h5-7,11-13H,8-10H2,1-4H3,(H2,22,23,25). The van der Waals surface area contributed by atoms with Gasteiger partial charge in [-0.3, -0.25) is 4.90 Å². The molecule has 1 fully saturated rings. The van der Waals surface area contributed by atoms with Crippen LogP contribution < -0.4 is 10.0 Å². The molecule has 0 saturated carbocycles. The van der Waals surface area contributed by atoms with Crippen LogP contribution in [0.3, 0.4) is 0 Å². The number of likely N-dealkylation sites (tertiary alicyclic amines) is 1. The maximum atomic E-state index is 12.3. The molecule has 158 valence electrons. The van der Waals surface area contributed by atoms with E-state index >= 15 is 0 Å². The molecule has 0 unspecified atom stereocenters. The van der Waals surface area contributed by atoms with Gasteiger partial charge in [0.25, 0.3) is 0 Å². The van der Waals surface area contributed by atoms with Crippen LogP contribution in [0.1, 0.15) is 50.7 Å². The van der Waals surface area contributed by atoms with Crippen LogP contribution in [0, 0.1) is 0 Å². The van der Waals surface area contributed by atoms with Crippen molar-refractivity contribution in [2.75, 3.05) is 25.0 Å². The number of rotatable bonds is 6. The van der Waals surface area contributed by atoms with Crippen LogP contribution in [0.25, 0.3) is 0 Å². The Balaban J connectivity index is 2.07. The number of para-hydroxylation sites is 1. The molecule has 0 atom stereocenters. The van der Waals surface area contributed by atoms with Crippen molar-refractivity contribution in [2.45, 2.75) is 51.0 Å². The molecule has 10 heteroatoms. The van der Waals surface area contributed by atoms with E-state index in [2.05, 4.69) is 5.32 Å². The molecule has 0 spiro atoms. The topological polar surface area (TPSA) is 78.5 Å². The molecule has 1 saturated heterocycles. The number of benzene rings is 1. The van der Waals surface area contributed by atoms with Gasteiger partial charge in [0.1, 0.15) is 5.25 Å². The summed E-state index contributed by atoms with van der Waals surface area (Å²) in [6, 6.07) is 4.70. The Bertz CT molecular complexity index is 791. The SMILES string of the molecule is CC(C)c1cccc(C(C)C)c1NC(=O)NS(=O)(=O)C1CN(CC(F)(F)F)C1. The number of sulfonamides is 1. The number of nitrogens with one attached hydrogen (secondary N) is 2. The number of carbonyl (C=O) groups excluding carboxylic acids is 1. The number of urea groups is 1. The number of halogens is 3. The number of anilines is 1. The zero-order valence-electron chi connectivity index (χ0n) is 16.3. The highest BCUT2D eigenvalue weighted by Gasteiger charge is 2.43. The van der Waals surface area contributed by atoms with Crippen LogP contribution >= 0.6 is 0 Å². The predicted molar refractivity (Wildman–Crippen MR) is 102 cm³/mol. The number of hydrogen-bond donors (Lipinski definition) is 2. The van der Waals surface area contributed by atoms with E-state index < -0.39 is 34.0 Å². The molecule has 1 aromatic rings. The summed E-state index contributed by atoms with van der Waals surface area (Å²) in [4.78, 5) is 13.3. The van der Waals surface area contributed by atoms with Crippen LogP contribution in [0.5, 0.6) is 0 Å². The minimum absolute atomic E-state index is 0.105. The van der Waals surface area contributed by atoms with E-state index in [0.29, 0.717) is 5.69 Å². The molecule has 0 radical (unpaired) electrons. The Morgan fingerprint density at radius 3 is 2.07 bits per heavy atom. The van der Waals surface area contributed by atoms with Crippen molar-refractivity contribution in [1.82, 2.24) is 9.62 Å². The van der Waals surface area contributed by atoms with Crippen molar-refractivity contribution in [2.24, 2.45) is 0 Å². The summed E-state index contributed by atoms with van der Waals surface area (Å²) in [7, 11) is -4.07. The summed E-state index contributed by atoms with van der Waals surface area (Å²) in [5.41, 5.74) is 2.31. The van der Waals surface area contributed by atoms with Crippen molar-refractivity contribution in [3.8, 4) is 0 Å². The van der Waals surface area contributed by atoms with E-state index in [1.807, 2.05) is 50.6 Å². The van der Waals surface area contributed by atoms with Crippen LogP contribution in [0.4, 0.5) is 23.7 Å². The maximum Gasteiger partial charge on any atom is 0.401 e. The Labute approximate surface area is 163 Å². The molecule has 1 aromatic carbocycles. The van der Waals surface area contributed by atoms with E-state index in [0.717, 1.165) is 16.0 Å². The molecule has 2 N–H and O–H groups in total. The van der Waals surface area contributed by atoms with Crippen molar-refractivity contribution in [3.63, 3.8) is 0 Å². The highest BCUT2D eigenvalue weighted by Crippen LogP contribution is 2.32. The van der Waals surface area contributed by atoms with E-state index in [-0.39, 0.29) is 24.9 Å². The molecule has 1 aliphatic heterocycles. The Hall–Kier alpha value is -1.81. The van der Waals surface area contributed by atoms with E-state index in [9.17, 15) is 26.4 Å². The quantitative estimate of drug-likeness (QED) is 0.735. The average Bonchev–Trinajstić information content (AvgIpc) is 2.48. The van der Waals surface area contributed by atoms with Gasteiger partial charge < -0.3 is 5.32 Å². The molecule has 0 aliphatic carbocycles. The summed E-state index contributed by atoms with van der Waals surface area (Å²) in [6.07, 6.45) is -4.38. The van der Waals surface area contributed by atoms with Crippen molar-refractivity contribution in [1.29, 1.82) is 0 Å². The fourth-order valence-electron chi connectivity index (χ4n) is 3.15. The lowest BCUT2D eigenvalue weighted by Gasteiger charge is -2.38. The number of nitrogens with zero attached hydrogens (tertiary/aromatic N) is 1. The second-order valence-corrected chi connectivity index (χ2v) is 9.61. The number of amides is 2. The highest BCUT2D eigenvalue weighted by atomic mass is 32.2. The van der Waals surface area contributed by atoms with Gasteiger partial charge >= 0.3 is 12.2 Å². The zero-order valence-corrected chi connectivity index (χ0v) is 17.1. The van der Waals surface area contributed by atoms with E-state index in [1.54, 1.807) is 0 Å². The Kier molecular flexibility index (Phi) is 6.65. The van der Waals surface area contributed by atoms with Crippen LogP contribution in [0.2, 0.25) is 0 Å². The molecule has 6 nitrogen and oxygen atoms in total. The molecule has 0 bridgehead atoms. The first-order valence-corrected chi connectivity index (χ1v) is 10.6. The smallest absolute Gasteiger partial charge is 0.307 e.